The van der Waals surface area contributed by atoms with Crippen molar-refractivity contribution in [3.05, 3.63) is 59.2 Å². The van der Waals surface area contributed by atoms with Crippen LogP contribution in [0.5, 0.6) is 5.75 Å². The van der Waals surface area contributed by atoms with E-state index in [4.69, 9.17) is 21.7 Å². The molecule has 6 heteroatoms. The molecule has 1 saturated heterocycles. The zero-order valence-electron chi connectivity index (χ0n) is 16.8. The summed E-state index contributed by atoms with van der Waals surface area (Å²) in [5.74, 6) is 0.865. The molecule has 0 radical (unpaired) electrons. The van der Waals surface area contributed by atoms with Crippen molar-refractivity contribution in [2.75, 3.05) is 45.3 Å². The van der Waals surface area contributed by atoms with Gasteiger partial charge in [0, 0.05) is 25.3 Å². The van der Waals surface area contributed by atoms with Crippen LogP contribution >= 0.6 is 12.2 Å². The molecule has 1 atom stereocenters. The topological polar surface area (TPSA) is 45.8 Å². The third kappa shape index (κ3) is 5.44. The van der Waals surface area contributed by atoms with Crippen LogP contribution in [-0.2, 0) is 4.74 Å². The molecule has 2 aromatic carbocycles. The van der Waals surface area contributed by atoms with Gasteiger partial charge in [-0.2, -0.15) is 0 Å². The Labute approximate surface area is 173 Å². The number of anilines is 1. The molecular formula is C22H29N3O2S. The Kier molecular flexibility index (Phi) is 7.25. The number of ether oxygens (including phenoxy) is 2. The van der Waals surface area contributed by atoms with Crippen LogP contribution in [0.15, 0.2) is 42.5 Å². The predicted octanol–water partition coefficient (Wildman–Crippen LogP) is 3.67. The summed E-state index contributed by atoms with van der Waals surface area (Å²) in [6.07, 6.45) is 0. The number of methoxy groups -OCH3 is 1. The van der Waals surface area contributed by atoms with E-state index < -0.39 is 0 Å². The lowest BCUT2D eigenvalue weighted by molar-refractivity contribution is 0.0170. The quantitative estimate of drug-likeness (QED) is 0.723. The average Bonchev–Trinajstić information content (AvgIpc) is 2.72. The van der Waals surface area contributed by atoms with Crippen LogP contribution in [-0.4, -0.2) is 50.0 Å². The number of nitrogens with one attached hydrogen (secondary N) is 2. The molecule has 0 aromatic heterocycles. The minimum atomic E-state index is 0.216. The molecule has 2 N–H and O–H groups in total. The van der Waals surface area contributed by atoms with Crippen molar-refractivity contribution in [2.45, 2.75) is 19.9 Å². The summed E-state index contributed by atoms with van der Waals surface area (Å²) in [6, 6.07) is 14.8. The number of hydrogen-bond donors (Lipinski definition) is 2. The molecule has 0 bridgehead atoms. The fraction of sp³-hybridized carbons (Fsp3) is 0.409. The van der Waals surface area contributed by atoms with Gasteiger partial charge in [0.1, 0.15) is 5.75 Å². The third-order valence-corrected chi connectivity index (χ3v) is 5.33. The van der Waals surface area contributed by atoms with Crippen molar-refractivity contribution in [1.82, 2.24) is 10.2 Å². The van der Waals surface area contributed by atoms with E-state index in [0.29, 0.717) is 5.11 Å². The number of aryl methyl sites for hydroxylation is 2. The average molecular weight is 400 g/mol. The summed E-state index contributed by atoms with van der Waals surface area (Å²) < 4.78 is 10.8. The van der Waals surface area contributed by atoms with E-state index in [1.807, 2.05) is 12.1 Å². The van der Waals surface area contributed by atoms with Crippen LogP contribution in [0.3, 0.4) is 0 Å². The van der Waals surface area contributed by atoms with Gasteiger partial charge in [0.2, 0.25) is 0 Å². The minimum absolute atomic E-state index is 0.216. The highest BCUT2D eigenvalue weighted by Gasteiger charge is 2.23. The zero-order valence-corrected chi connectivity index (χ0v) is 17.6. The Hall–Kier alpha value is -2.15. The number of hydrogen-bond acceptors (Lipinski definition) is 4. The smallest absolute Gasteiger partial charge is 0.170 e. The second-order valence-corrected chi connectivity index (χ2v) is 7.50. The predicted molar refractivity (Wildman–Crippen MR) is 118 cm³/mol. The van der Waals surface area contributed by atoms with Crippen molar-refractivity contribution >= 4 is 23.0 Å². The van der Waals surface area contributed by atoms with Gasteiger partial charge in [0.25, 0.3) is 0 Å². The molecule has 150 valence electrons. The first kappa shape index (κ1) is 20.6. The molecule has 0 saturated carbocycles. The van der Waals surface area contributed by atoms with Crippen LogP contribution in [0.4, 0.5) is 5.69 Å². The minimum Gasteiger partial charge on any atom is -0.497 e. The summed E-state index contributed by atoms with van der Waals surface area (Å²) in [5.41, 5.74) is 4.67. The lowest BCUT2D eigenvalue weighted by Crippen LogP contribution is -2.44. The maximum Gasteiger partial charge on any atom is 0.170 e. The zero-order chi connectivity index (χ0) is 19.9. The monoisotopic (exact) mass is 399 g/mol. The van der Waals surface area contributed by atoms with Crippen LogP contribution < -0.4 is 15.4 Å². The number of rotatable bonds is 6. The lowest BCUT2D eigenvalue weighted by atomic mass is 10.0. The number of nitrogens with zero attached hydrogens (tertiary/aromatic N) is 1. The molecular weight excluding hydrogens is 370 g/mol. The molecule has 0 unspecified atom stereocenters. The van der Waals surface area contributed by atoms with Gasteiger partial charge in [-0.1, -0.05) is 24.3 Å². The van der Waals surface area contributed by atoms with Gasteiger partial charge in [-0.3, -0.25) is 4.90 Å². The van der Waals surface area contributed by atoms with Crippen LogP contribution in [0.1, 0.15) is 22.7 Å². The van der Waals surface area contributed by atoms with Gasteiger partial charge in [-0.25, -0.2) is 0 Å². The summed E-state index contributed by atoms with van der Waals surface area (Å²) in [4.78, 5) is 2.44. The van der Waals surface area contributed by atoms with Gasteiger partial charge in [0.15, 0.2) is 5.11 Å². The van der Waals surface area contributed by atoms with Gasteiger partial charge in [-0.05, 0) is 61.0 Å². The molecule has 5 nitrogen and oxygen atoms in total. The summed E-state index contributed by atoms with van der Waals surface area (Å²) >= 11 is 5.56. The number of benzene rings is 2. The van der Waals surface area contributed by atoms with Gasteiger partial charge >= 0.3 is 0 Å². The van der Waals surface area contributed by atoms with Crippen molar-refractivity contribution < 1.29 is 9.47 Å². The van der Waals surface area contributed by atoms with E-state index in [-0.39, 0.29) is 6.04 Å². The lowest BCUT2D eigenvalue weighted by Gasteiger charge is -2.35. The third-order valence-electron chi connectivity index (χ3n) is 5.08. The van der Waals surface area contributed by atoms with Crippen molar-refractivity contribution in [1.29, 1.82) is 0 Å². The Morgan fingerprint density at radius 2 is 1.86 bits per heavy atom. The van der Waals surface area contributed by atoms with E-state index >= 15 is 0 Å². The Morgan fingerprint density at radius 1 is 1.14 bits per heavy atom. The normalized spacial score (nSPS) is 15.7. The first-order valence-electron chi connectivity index (χ1n) is 9.64. The highest BCUT2D eigenvalue weighted by Crippen LogP contribution is 2.24. The first-order valence-corrected chi connectivity index (χ1v) is 10.1. The molecule has 1 aliphatic heterocycles. The molecule has 28 heavy (non-hydrogen) atoms. The molecule has 2 aromatic rings. The first-order chi connectivity index (χ1) is 13.6. The summed E-state index contributed by atoms with van der Waals surface area (Å²) in [5, 5.41) is 7.38. The Morgan fingerprint density at radius 3 is 2.54 bits per heavy atom. The maximum absolute atomic E-state index is 5.56. The molecule has 1 heterocycles. The molecule has 1 aliphatic rings. The summed E-state index contributed by atoms with van der Waals surface area (Å²) in [7, 11) is 1.69. The van der Waals surface area contributed by atoms with E-state index in [9.17, 15) is 0 Å². The molecule has 1 fully saturated rings. The van der Waals surface area contributed by atoms with E-state index in [1.54, 1.807) is 7.11 Å². The van der Waals surface area contributed by atoms with Crippen molar-refractivity contribution in [3.63, 3.8) is 0 Å². The Balaban J connectivity index is 1.68. The molecule has 0 aliphatic carbocycles. The highest BCUT2D eigenvalue weighted by molar-refractivity contribution is 7.80. The van der Waals surface area contributed by atoms with Crippen LogP contribution in [0.2, 0.25) is 0 Å². The Bertz CT molecular complexity index is 789. The molecule has 3 rings (SSSR count). The van der Waals surface area contributed by atoms with Crippen LogP contribution in [0, 0.1) is 13.8 Å². The van der Waals surface area contributed by atoms with E-state index in [0.717, 1.165) is 44.3 Å². The fourth-order valence-electron chi connectivity index (χ4n) is 3.40. The second kappa shape index (κ2) is 9.87. The van der Waals surface area contributed by atoms with Crippen LogP contribution in [0.25, 0.3) is 0 Å². The van der Waals surface area contributed by atoms with Gasteiger partial charge in [0.05, 0.1) is 26.4 Å². The standard InChI is InChI=1S/C22H29N3O2S/c1-16-4-5-17(2)20(14-16)24-22(28)23-15-21(25-10-12-27-13-11-25)18-6-8-19(26-3)9-7-18/h4-9,14,21H,10-13,15H2,1-3H3,(H2,23,24,28)/t21-/m0/s1. The van der Waals surface area contributed by atoms with Gasteiger partial charge in [-0.15, -0.1) is 0 Å². The number of thiocarbonyl (C=S) groups is 1. The SMILES string of the molecule is COc1ccc([C@H](CNC(=S)Nc2cc(C)ccc2C)N2CCOCC2)cc1. The van der Waals surface area contributed by atoms with Crippen molar-refractivity contribution in [3.8, 4) is 5.75 Å². The van der Waals surface area contributed by atoms with Gasteiger partial charge < -0.3 is 20.1 Å². The maximum atomic E-state index is 5.56. The number of morpholine rings is 1. The highest BCUT2D eigenvalue weighted by atomic mass is 32.1. The largest absolute Gasteiger partial charge is 0.497 e. The molecule has 0 amide bonds. The van der Waals surface area contributed by atoms with E-state index in [1.165, 1.54) is 16.7 Å². The van der Waals surface area contributed by atoms with E-state index in [2.05, 4.69) is 59.7 Å². The second-order valence-electron chi connectivity index (χ2n) is 7.09. The summed E-state index contributed by atoms with van der Waals surface area (Å²) in [6.45, 7) is 8.24. The van der Waals surface area contributed by atoms with Crippen molar-refractivity contribution in [2.24, 2.45) is 0 Å². The molecule has 0 spiro atoms. The fourth-order valence-corrected chi connectivity index (χ4v) is 3.59.